The standard InChI is InChI=1S/C24H28ClF3N2O4/c1-2-3-4-5-6-7-11-16-29-22(31)23(30(32)33,18-12-9-8-10-13-18)34-21-15-14-19(17-20(21)25)24(26,27)28/h8-10,12-15,17H,2-7,11,16H2,1H3,(H,29,31)/t23-/m0/s1. The van der Waals surface area contributed by atoms with Gasteiger partial charge in [0.25, 0.3) is 0 Å². The Morgan fingerprint density at radius 3 is 2.18 bits per heavy atom. The number of hydrogen-bond acceptors (Lipinski definition) is 4. The third-order valence-electron chi connectivity index (χ3n) is 5.31. The van der Waals surface area contributed by atoms with Crippen molar-refractivity contribution in [1.82, 2.24) is 5.32 Å². The number of nitrogens with one attached hydrogen (secondary N) is 1. The molecule has 0 saturated carbocycles. The lowest BCUT2D eigenvalue weighted by Crippen LogP contribution is -2.54. The zero-order valence-corrected chi connectivity index (χ0v) is 19.6. The number of unbranched alkanes of at least 4 members (excludes halogenated alkanes) is 6. The minimum absolute atomic E-state index is 0.0898. The molecule has 0 unspecified atom stereocenters. The van der Waals surface area contributed by atoms with Crippen LogP contribution in [0.25, 0.3) is 0 Å². The Bertz CT molecular complexity index is 957. The van der Waals surface area contributed by atoms with E-state index in [2.05, 4.69) is 12.2 Å². The van der Waals surface area contributed by atoms with E-state index in [-0.39, 0.29) is 12.1 Å². The van der Waals surface area contributed by atoms with E-state index in [0.29, 0.717) is 18.6 Å². The first-order valence-corrected chi connectivity index (χ1v) is 11.5. The van der Waals surface area contributed by atoms with E-state index in [9.17, 15) is 28.1 Å². The summed E-state index contributed by atoms with van der Waals surface area (Å²) < 4.78 is 44.4. The van der Waals surface area contributed by atoms with Crippen LogP contribution in [0, 0.1) is 10.1 Å². The van der Waals surface area contributed by atoms with Gasteiger partial charge < -0.3 is 10.1 Å². The molecule has 0 aliphatic heterocycles. The van der Waals surface area contributed by atoms with E-state index in [1.54, 1.807) is 6.07 Å². The Morgan fingerprint density at radius 2 is 1.62 bits per heavy atom. The number of nitrogens with zero attached hydrogens (tertiary/aromatic N) is 1. The van der Waals surface area contributed by atoms with Crippen LogP contribution in [0.1, 0.15) is 63.0 Å². The molecule has 0 bridgehead atoms. The number of hydrogen-bond donors (Lipinski definition) is 1. The van der Waals surface area contributed by atoms with Crippen molar-refractivity contribution in [2.24, 2.45) is 0 Å². The summed E-state index contributed by atoms with van der Waals surface area (Å²) in [5.41, 5.74) is -3.86. The molecule has 0 radical (unpaired) electrons. The second kappa shape index (κ2) is 12.6. The number of benzene rings is 2. The van der Waals surface area contributed by atoms with Gasteiger partial charge in [0.1, 0.15) is 5.75 Å². The third kappa shape index (κ3) is 7.09. The highest BCUT2D eigenvalue weighted by molar-refractivity contribution is 6.32. The van der Waals surface area contributed by atoms with E-state index in [1.807, 2.05) is 0 Å². The second-order valence-electron chi connectivity index (χ2n) is 7.89. The molecule has 1 N–H and O–H groups in total. The topological polar surface area (TPSA) is 81.5 Å². The average Bonchev–Trinajstić information content (AvgIpc) is 2.79. The highest BCUT2D eigenvalue weighted by Crippen LogP contribution is 2.38. The van der Waals surface area contributed by atoms with Crippen LogP contribution >= 0.6 is 11.6 Å². The fourth-order valence-electron chi connectivity index (χ4n) is 3.45. The highest BCUT2D eigenvalue weighted by atomic mass is 35.5. The average molecular weight is 501 g/mol. The number of nitro groups is 1. The lowest BCUT2D eigenvalue weighted by molar-refractivity contribution is -0.606. The molecule has 0 aliphatic rings. The van der Waals surface area contributed by atoms with Crippen molar-refractivity contribution in [3.05, 3.63) is 74.8 Å². The number of halogens is 4. The zero-order valence-electron chi connectivity index (χ0n) is 18.9. The summed E-state index contributed by atoms with van der Waals surface area (Å²) in [6.07, 6.45) is 2.35. The zero-order chi connectivity index (χ0) is 25.2. The Morgan fingerprint density at radius 1 is 1.00 bits per heavy atom. The van der Waals surface area contributed by atoms with Crippen LogP contribution in [-0.2, 0) is 16.7 Å². The van der Waals surface area contributed by atoms with Crippen LogP contribution in [0.5, 0.6) is 5.75 Å². The predicted octanol–water partition coefficient (Wildman–Crippen LogP) is 6.73. The first-order valence-electron chi connectivity index (χ1n) is 11.2. The van der Waals surface area contributed by atoms with Crippen LogP contribution in [-0.4, -0.2) is 17.4 Å². The van der Waals surface area contributed by atoms with Gasteiger partial charge in [0, 0.05) is 6.54 Å². The Hall–Kier alpha value is -2.81. The van der Waals surface area contributed by atoms with E-state index < -0.39 is 39.1 Å². The largest absolute Gasteiger partial charge is 0.469 e. The number of carbonyl (C=O) groups excluding carboxylic acids is 1. The molecule has 2 rings (SSSR count). The van der Waals surface area contributed by atoms with Crippen molar-refractivity contribution in [3.63, 3.8) is 0 Å². The summed E-state index contributed by atoms with van der Waals surface area (Å²) in [5.74, 6) is -1.45. The summed E-state index contributed by atoms with van der Waals surface area (Å²) in [6.45, 7) is 2.32. The molecule has 0 fully saturated rings. The van der Waals surface area contributed by atoms with Crippen LogP contribution in [0.3, 0.4) is 0 Å². The Labute approximate surface area is 201 Å². The molecule has 0 spiro atoms. The van der Waals surface area contributed by atoms with Gasteiger partial charge >= 0.3 is 17.8 Å². The molecule has 186 valence electrons. The van der Waals surface area contributed by atoms with Gasteiger partial charge in [-0.05, 0) is 36.8 Å². The molecule has 0 heterocycles. The van der Waals surface area contributed by atoms with Crippen molar-refractivity contribution in [3.8, 4) is 5.75 Å². The summed E-state index contributed by atoms with van der Waals surface area (Å²) in [4.78, 5) is 24.5. The minimum atomic E-state index is -4.66. The van der Waals surface area contributed by atoms with Crippen LogP contribution in [0.4, 0.5) is 13.2 Å². The van der Waals surface area contributed by atoms with Crippen molar-refractivity contribution >= 4 is 17.5 Å². The lowest BCUT2D eigenvalue weighted by atomic mass is 10.0. The van der Waals surface area contributed by atoms with Gasteiger partial charge in [0.05, 0.1) is 21.1 Å². The maximum atomic E-state index is 13.1. The first-order chi connectivity index (χ1) is 16.1. The molecule has 10 heteroatoms. The monoisotopic (exact) mass is 500 g/mol. The number of carbonyl (C=O) groups is 1. The fourth-order valence-corrected chi connectivity index (χ4v) is 3.67. The van der Waals surface area contributed by atoms with Crippen LogP contribution < -0.4 is 10.1 Å². The summed E-state index contributed by atoms with van der Waals surface area (Å²) in [7, 11) is 0. The molecule has 0 saturated heterocycles. The molecular formula is C24H28ClF3N2O4. The Kier molecular flexibility index (Phi) is 10.2. The van der Waals surface area contributed by atoms with Gasteiger partial charge in [-0.3, -0.25) is 14.9 Å². The van der Waals surface area contributed by atoms with Gasteiger partial charge in [0.15, 0.2) is 0 Å². The normalized spacial score (nSPS) is 13.2. The minimum Gasteiger partial charge on any atom is -0.415 e. The highest BCUT2D eigenvalue weighted by Gasteiger charge is 2.56. The van der Waals surface area contributed by atoms with E-state index in [1.165, 1.54) is 30.7 Å². The molecule has 34 heavy (non-hydrogen) atoms. The number of amides is 1. The van der Waals surface area contributed by atoms with Gasteiger partial charge in [-0.2, -0.15) is 13.2 Å². The van der Waals surface area contributed by atoms with Crippen molar-refractivity contribution in [2.75, 3.05) is 6.54 Å². The van der Waals surface area contributed by atoms with Gasteiger partial charge in [0.2, 0.25) is 0 Å². The van der Waals surface area contributed by atoms with Gasteiger partial charge in [-0.15, -0.1) is 0 Å². The quantitative estimate of drug-likeness (QED) is 0.143. The van der Waals surface area contributed by atoms with E-state index in [0.717, 1.165) is 38.2 Å². The number of rotatable bonds is 13. The van der Waals surface area contributed by atoms with Gasteiger partial charge in [-0.25, -0.2) is 0 Å². The van der Waals surface area contributed by atoms with Crippen molar-refractivity contribution < 1.29 is 27.6 Å². The second-order valence-corrected chi connectivity index (χ2v) is 8.30. The molecule has 1 atom stereocenters. The summed E-state index contributed by atoms with van der Waals surface area (Å²) in [6, 6.07) is 9.44. The fraction of sp³-hybridized carbons (Fsp3) is 0.458. The summed E-state index contributed by atoms with van der Waals surface area (Å²) >= 11 is 5.96. The molecular weight excluding hydrogens is 473 g/mol. The lowest BCUT2D eigenvalue weighted by Gasteiger charge is -2.26. The van der Waals surface area contributed by atoms with E-state index in [4.69, 9.17) is 16.3 Å². The smallest absolute Gasteiger partial charge is 0.415 e. The summed E-state index contributed by atoms with van der Waals surface area (Å²) in [5, 5.41) is 14.3. The van der Waals surface area contributed by atoms with E-state index >= 15 is 0 Å². The van der Waals surface area contributed by atoms with Crippen LogP contribution in [0.2, 0.25) is 5.02 Å². The molecule has 6 nitrogen and oxygen atoms in total. The third-order valence-corrected chi connectivity index (χ3v) is 5.61. The van der Waals surface area contributed by atoms with Crippen molar-refractivity contribution in [1.29, 1.82) is 0 Å². The van der Waals surface area contributed by atoms with Gasteiger partial charge in [-0.1, -0.05) is 75.2 Å². The van der Waals surface area contributed by atoms with Crippen molar-refractivity contribution in [2.45, 2.75) is 63.8 Å². The SMILES string of the molecule is CCCCCCCCCNC(=O)[C@@](Oc1ccc(C(F)(F)F)cc1Cl)(c1ccccc1)[N+](=O)[O-]. The molecule has 0 aliphatic carbocycles. The number of ether oxygens (including phenoxy) is 1. The first kappa shape index (κ1) is 27.4. The molecule has 1 amide bonds. The molecule has 2 aromatic carbocycles. The Balaban J connectivity index is 2.24. The maximum Gasteiger partial charge on any atom is 0.469 e. The molecule has 0 aromatic heterocycles. The maximum absolute atomic E-state index is 13.1. The molecule has 2 aromatic rings. The van der Waals surface area contributed by atoms with Crippen LogP contribution in [0.15, 0.2) is 48.5 Å². The predicted molar refractivity (Wildman–Crippen MR) is 123 cm³/mol. The number of alkyl halides is 3.